The molecule has 1 atom stereocenters. The van der Waals surface area contributed by atoms with E-state index in [1.807, 2.05) is 37.3 Å². The van der Waals surface area contributed by atoms with E-state index in [1.54, 1.807) is 53.4 Å². The van der Waals surface area contributed by atoms with Gasteiger partial charge in [0.2, 0.25) is 0 Å². The summed E-state index contributed by atoms with van der Waals surface area (Å²) in [6.45, 7) is 1.59. The summed E-state index contributed by atoms with van der Waals surface area (Å²) in [6, 6.07) is 23.0. The fraction of sp³-hybridized carbons (Fsp3) is 0.160. The maximum absolute atomic E-state index is 12.8. The number of carbonyl (C=O) groups excluding carboxylic acids is 3. The fourth-order valence-corrected chi connectivity index (χ4v) is 3.77. The number of ether oxygens (including phenoxy) is 1. The molecular formula is C25H22N2O4. The highest BCUT2D eigenvalue weighted by Gasteiger charge is 2.31. The third-order valence-electron chi connectivity index (χ3n) is 5.23. The minimum Gasteiger partial charge on any atom is -0.452 e. The first-order valence-electron chi connectivity index (χ1n) is 10.1. The van der Waals surface area contributed by atoms with Crippen LogP contribution in [0.15, 0.2) is 78.9 Å². The molecule has 0 aromatic heterocycles. The van der Waals surface area contributed by atoms with Crippen molar-refractivity contribution >= 4 is 29.2 Å². The summed E-state index contributed by atoms with van der Waals surface area (Å²) < 4.78 is 5.31. The first-order valence-corrected chi connectivity index (χ1v) is 10.1. The Kier molecular flexibility index (Phi) is 5.80. The summed E-state index contributed by atoms with van der Waals surface area (Å²) in [7, 11) is 0. The van der Waals surface area contributed by atoms with Crippen molar-refractivity contribution in [3.63, 3.8) is 0 Å². The first kappa shape index (κ1) is 20.3. The Morgan fingerprint density at radius 3 is 2.42 bits per heavy atom. The number of esters is 1. The molecule has 0 bridgehead atoms. The molecule has 1 heterocycles. The van der Waals surface area contributed by atoms with Crippen molar-refractivity contribution in [1.82, 2.24) is 0 Å². The second-order valence-electron chi connectivity index (χ2n) is 7.39. The number of para-hydroxylation sites is 2. The van der Waals surface area contributed by atoms with Crippen LogP contribution in [0.3, 0.4) is 0 Å². The lowest BCUT2D eigenvalue weighted by Crippen LogP contribution is -2.38. The average Bonchev–Trinajstić information content (AvgIpc) is 3.14. The van der Waals surface area contributed by atoms with Crippen molar-refractivity contribution in [2.24, 2.45) is 0 Å². The zero-order valence-electron chi connectivity index (χ0n) is 17.1. The Balaban J connectivity index is 1.44. The van der Waals surface area contributed by atoms with Gasteiger partial charge in [0.1, 0.15) is 0 Å². The van der Waals surface area contributed by atoms with Crippen molar-refractivity contribution in [2.45, 2.75) is 19.4 Å². The van der Waals surface area contributed by atoms with E-state index >= 15 is 0 Å². The molecule has 6 heteroatoms. The zero-order valence-corrected chi connectivity index (χ0v) is 17.1. The zero-order chi connectivity index (χ0) is 21.8. The van der Waals surface area contributed by atoms with Crippen LogP contribution in [0.1, 0.15) is 33.2 Å². The standard InChI is InChI=1S/C25H22N2O4/c1-17-15-19-11-5-8-14-22(19)27(17)23(28)16-31-25(30)20-12-6-7-13-21(20)26-24(29)18-9-3-2-4-10-18/h2-14,17H,15-16H2,1H3,(H,26,29)/t17-/m1/s1. The van der Waals surface area contributed by atoms with Gasteiger partial charge < -0.3 is 15.0 Å². The summed E-state index contributed by atoms with van der Waals surface area (Å²) in [5.41, 5.74) is 2.95. The Morgan fingerprint density at radius 1 is 0.935 bits per heavy atom. The second-order valence-corrected chi connectivity index (χ2v) is 7.39. The van der Waals surface area contributed by atoms with E-state index in [-0.39, 0.29) is 30.0 Å². The minimum atomic E-state index is -0.669. The van der Waals surface area contributed by atoms with E-state index in [0.29, 0.717) is 11.3 Å². The number of rotatable bonds is 5. The van der Waals surface area contributed by atoms with Gasteiger partial charge in [-0.25, -0.2) is 4.79 Å². The first-order chi connectivity index (χ1) is 15.0. The van der Waals surface area contributed by atoms with Crippen LogP contribution < -0.4 is 10.2 Å². The van der Waals surface area contributed by atoms with E-state index in [2.05, 4.69) is 5.32 Å². The number of hydrogen-bond acceptors (Lipinski definition) is 4. The maximum Gasteiger partial charge on any atom is 0.340 e. The average molecular weight is 414 g/mol. The van der Waals surface area contributed by atoms with Crippen molar-refractivity contribution in [3.05, 3.63) is 95.6 Å². The summed E-state index contributed by atoms with van der Waals surface area (Å²) in [5, 5.41) is 2.74. The van der Waals surface area contributed by atoms with Gasteiger partial charge >= 0.3 is 5.97 Å². The van der Waals surface area contributed by atoms with Crippen LogP contribution >= 0.6 is 0 Å². The molecule has 156 valence electrons. The van der Waals surface area contributed by atoms with Gasteiger partial charge in [0, 0.05) is 17.3 Å². The molecule has 2 amide bonds. The van der Waals surface area contributed by atoms with Gasteiger partial charge in [-0.05, 0) is 49.2 Å². The van der Waals surface area contributed by atoms with Gasteiger partial charge in [0.15, 0.2) is 6.61 Å². The molecule has 0 spiro atoms. The van der Waals surface area contributed by atoms with Gasteiger partial charge in [-0.15, -0.1) is 0 Å². The predicted octanol–water partition coefficient (Wildman–Crippen LogP) is 4.07. The molecule has 3 aromatic carbocycles. The van der Waals surface area contributed by atoms with Crippen LogP contribution in [0.4, 0.5) is 11.4 Å². The quantitative estimate of drug-likeness (QED) is 0.639. The molecule has 31 heavy (non-hydrogen) atoms. The van der Waals surface area contributed by atoms with Gasteiger partial charge in [0.05, 0.1) is 11.3 Å². The second kappa shape index (κ2) is 8.83. The van der Waals surface area contributed by atoms with E-state index in [4.69, 9.17) is 4.74 Å². The van der Waals surface area contributed by atoms with Crippen LogP contribution in [-0.2, 0) is 16.0 Å². The SMILES string of the molecule is C[C@@H]1Cc2ccccc2N1C(=O)COC(=O)c1ccccc1NC(=O)c1ccccc1. The molecule has 0 aliphatic carbocycles. The van der Waals surface area contributed by atoms with Crippen LogP contribution in [0.5, 0.6) is 0 Å². The molecule has 0 saturated heterocycles. The van der Waals surface area contributed by atoms with E-state index in [9.17, 15) is 14.4 Å². The molecular weight excluding hydrogens is 392 g/mol. The Hall–Kier alpha value is -3.93. The topological polar surface area (TPSA) is 75.7 Å². The highest BCUT2D eigenvalue weighted by atomic mass is 16.5. The molecule has 4 rings (SSSR count). The summed E-state index contributed by atoms with van der Waals surface area (Å²) in [5.74, 6) is -1.28. The number of amides is 2. The van der Waals surface area contributed by atoms with Crippen molar-refractivity contribution in [2.75, 3.05) is 16.8 Å². The third-order valence-corrected chi connectivity index (χ3v) is 5.23. The number of anilines is 2. The molecule has 3 aromatic rings. The maximum atomic E-state index is 12.8. The van der Waals surface area contributed by atoms with Gasteiger partial charge in [-0.3, -0.25) is 9.59 Å². The molecule has 0 unspecified atom stereocenters. The van der Waals surface area contributed by atoms with Crippen molar-refractivity contribution in [1.29, 1.82) is 0 Å². The van der Waals surface area contributed by atoms with Crippen LogP contribution in [-0.4, -0.2) is 30.4 Å². The van der Waals surface area contributed by atoms with Crippen molar-refractivity contribution in [3.8, 4) is 0 Å². The largest absolute Gasteiger partial charge is 0.452 e. The Labute approximate surface area is 180 Å². The lowest BCUT2D eigenvalue weighted by Gasteiger charge is -2.22. The summed E-state index contributed by atoms with van der Waals surface area (Å²) in [4.78, 5) is 39.6. The van der Waals surface area contributed by atoms with Gasteiger partial charge in [-0.2, -0.15) is 0 Å². The lowest BCUT2D eigenvalue weighted by molar-refractivity contribution is -0.122. The highest BCUT2D eigenvalue weighted by molar-refractivity contribution is 6.08. The monoisotopic (exact) mass is 414 g/mol. The molecule has 0 radical (unpaired) electrons. The molecule has 6 nitrogen and oxygen atoms in total. The van der Waals surface area contributed by atoms with Crippen LogP contribution in [0.25, 0.3) is 0 Å². The third kappa shape index (κ3) is 4.33. The smallest absolute Gasteiger partial charge is 0.340 e. The number of nitrogens with one attached hydrogen (secondary N) is 1. The number of hydrogen-bond donors (Lipinski definition) is 1. The Bertz CT molecular complexity index is 1130. The van der Waals surface area contributed by atoms with Crippen LogP contribution in [0, 0.1) is 0 Å². The normalized spacial score (nSPS) is 14.6. The number of benzene rings is 3. The molecule has 1 aliphatic rings. The highest BCUT2D eigenvalue weighted by Crippen LogP contribution is 2.31. The van der Waals surface area contributed by atoms with Gasteiger partial charge in [-0.1, -0.05) is 48.5 Å². The molecule has 0 fully saturated rings. The Morgan fingerprint density at radius 2 is 1.61 bits per heavy atom. The summed E-state index contributed by atoms with van der Waals surface area (Å²) in [6.07, 6.45) is 0.768. The lowest BCUT2D eigenvalue weighted by atomic mass is 10.1. The molecule has 0 saturated carbocycles. The van der Waals surface area contributed by atoms with Crippen LogP contribution in [0.2, 0.25) is 0 Å². The van der Waals surface area contributed by atoms with E-state index in [1.165, 1.54) is 0 Å². The molecule has 1 N–H and O–H groups in total. The van der Waals surface area contributed by atoms with Gasteiger partial charge in [0.25, 0.3) is 11.8 Å². The van der Waals surface area contributed by atoms with Crippen molar-refractivity contribution < 1.29 is 19.1 Å². The summed E-state index contributed by atoms with van der Waals surface area (Å²) >= 11 is 0. The number of carbonyl (C=O) groups is 3. The number of nitrogens with zero attached hydrogens (tertiary/aromatic N) is 1. The minimum absolute atomic E-state index is 0.000971. The molecule has 1 aliphatic heterocycles. The fourth-order valence-electron chi connectivity index (χ4n) is 3.77. The van der Waals surface area contributed by atoms with E-state index < -0.39 is 5.97 Å². The van der Waals surface area contributed by atoms with E-state index in [0.717, 1.165) is 17.7 Å². The predicted molar refractivity (Wildman–Crippen MR) is 118 cm³/mol. The number of fused-ring (bicyclic) bond motifs is 1.